The molecule has 0 aliphatic carbocycles. The molecule has 0 radical (unpaired) electrons. The number of hydrogen-bond donors (Lipinski definition) is 3. The Kier molecular flexibility index (Phi) is 6.48. The van der Waals surface area contributed by atoms with Crippen molar-refractivity contribution in [2.75, 3.05) is 11.9 Å². The minimum absolute atomic E-state index is 0.0547. The quantitative estimate of drug-likeness (QED) is 0.754. The third-order valence-corrected chi connectivity index (χ3v) is 3.12. The summed E-state index contributed by atoms with van der Waals surface area (Å²) in [6, 6.07) is 4.21. The lowest BCUT2D eigenvalue weighted by molar-refractivity contribution is -0.274. The Morgan fingerprint density at radius 3 is 2.41 bits per heavy atom. The van der Waals surface area contributed by atoms with Gasteiger partial charge in [-0.3, -0.25) is 0 Å². The van der Waals surface area contributed by atoms with Gasteiger partial charge in [0.1, 0.15) is 5.75 Å². The number of urea groups is 1. The van der Waals surface area contributed by atoms with Gasteiger partial charge in [-0.05, 0) is 30.2 Å². The number of nitrogens with one attached hydrogen (secondary N) is 2. The minimum atomic E-state index is -4.75. The molecule has 5 nitrogen and oxygen atoms in total. The van der Waals surface area contributed by atoms with Crippen molar-refractivity contribution in [3.63, 3.8) is 0 Å². The molecule has 1 aromatic rings. The minimum Gasteiger partial charge on any atom is -0.406 e. The monoisotopic (exact) mass is 320 g/mol. The summed E-state index contributed by atoms with van der Waals surface area (Å²) in [5, 5.41) is 14.6. The van der Waals surface area contributed by atoms with Crippen LogP contribution in [0.3, 0.4) is 0 Å². The molecular formula is C14H19F3N2O3. The topological polar surface area (TPSA) is 70.6 Å². The summed E-state index contributed by atoms with van der Waals surface area (Å²) in [6.45, 7) is 3.89. The molecule has 2 atom stereocenters. The van der Waals surface area contributed by atoms with Crippen molar-refractivity contribution in [3.8, 4) is 5.75 Å². The van der Waals surface area contributed by atoms with Crippen molar-refractivity contribution in [1.82, 2.24) is 5.32 Å². The fraction of sp³-hybridized carbons (Fsp3) is 0.500. The number of rotatable bonds is 6. The van der Waals surface area contributed by atoms with Gasteiger partial charge in [-0.2, -0.15) is 0 Å². The first-order valence-electron chi connectivity index (χ1n) is 6.80. The second-order valence-corrected chi connectivity index (χ2v) is 4.86. The third-order valence-electron chi connectivity index (χ3n) is 3.12. The van der Waals surface area contributed by atoms with E-state index in [1.54, 1.807) is 0 Å². The van der Waals surface area contributed by atoms with E-state index in [9.17, 15) is 23.1 Å². The van der Waals surface area contributed by atoms with Gasteiger partial charge in [0.2, 0.25) is 0 Å². The molecule has 0 saturated carbocycles. The zero-order chi connectivity index (χ0) is 16.8. The molecule has 0 aliphatic heterocycles. The molecule has 2 amide bonds. The number of hydrogen-bond acceptors (Lipinski definition) is 3. The molecule has 22 heavy (non-hydrogen) atoms. The number of anilines is 1. The van der Waals surface area contributed by atoms with E-state index in [-0.39, 0.29) is 18.2 Å². The van der Waals surface area contributed by atoms with E-state index in [0.29, 0.717) is 5.69 Å². The summed E-state index contributed by atoms with van der Waals surface area (Å²) in [5.41, 5.74) is 0.310. The lowest BCUT2D eigenvalue weighted by Crippen LogP contribution is -2.37. The van der Waals surface area contributed by atoms with Gasteiger partial charge in [0.25, 0.3) is 0 Å². The highest BCUT2D eigenvalue weighted by Gasteiger charge is 2.30. The molecule has 0 aliphatic rings. The number of aliphatic hydroxyl groups is 1. The maximum atomic E-state index is 12.0. The van der Waals surface area contributed by atoms with Crippen LogP contribution < -0.4 is 15.4 Å². The predicted molar refractivity (Wildman–Crippen MR) is 75.6 cm³/mol. The Morgan fingerprint density at radius 2 is 1.91 bits per heavy atom. The molecule has 2 unspecified atom stereocenters. The van der Waals surface area contributed by atoms with Crippen LogP contribution in [0.15, 0.2) is 24.3 Å². The van der Waals surface area contributed by atoms with Crippen molar-refractivity contribution in [3.05, 3.63) is 24.3 Å². The zero-order valence-electron chi connectivity index (χ0n) is 12.3. The first kappa shape index (κ1) is 18.1. The smallest absolute Gasteiger partial charge is 0.406 e. The summed E-state index contributed by atoms with van der Waals surface area (Å²) in [7, 11) is 0. The highest BCUT2D eigenvalue weighted by atomic mass is 19.4. The van der Waals surface area contributed by atoms with Crippen molar-refractivity contribution in [1.29, 1.82) is 0 Å². The number of ether oxygens (including phenoxy) is 1. The molecular weight excluding hydrogens is 301 g/mol. The number of amides is 2. The van der Waals surface area contributed by atoms with E-state index >= 15 is 0 Å². The molecule has 0 aromatic heterocycles. The number of carbonyl (C=O) groups is 1. The van der Waals surface area contributed by atoms with Crippen LogP contribution in [0, 0.1) is 5.92 Å². The molecule has 0 saturated heterocycles. The summed E-state index contributed by atoms with van der Waals surface area (Å²) >= 11 is 0. The largest absolute Gasteiger partial charge is 0.573 e. The Labute approximate surface area is 126 Å². The SMILES string of the molecule is CCC(C)C(O)CNC(=O)Nc1ccc(OC(F)(F)F)cc1. The van der Waals surface area contributed by atoms with Gasteiger partial charge in [0.15, 0.2) is 0 Å². The van der Waals surface area contributed by atoms with Gasteiger partial charge in [-0.15, -0.1) is 13.2 Å². The number of aliphatic hydroxyl groups excluding tert-OH is 1. The Balaban J connectivity index is 2.45. The van der Waals surface area contributed by atoms with E-state index in [1.807, 2.05) is 13.8 Å². The lowest BCUT2D eigenvalue weighted by Gasteiger charge is -2.17. The zero-order valence-corrected chi connectivity index (χ0v) is 12.3. The van der Waals surface area contributed by atoms with Gasteiger partial charge in [-0.25, -0.2) is 4.79 Å². The maximum absolute atomic E-state index is 12.0. The summed E-state index contributed by atoms with van der Waals surface area (Å²) < 4.78 is 39.7. The van der Waals surface area contributed by atoms with Gasteiger partial charge < -0.3 is 20.5 Å². The van der Waals surface area contributed by atoms with E-state index in [4.69, 9.17) is 0 Å². The molecule has 0 spiro atoms. The summed E-state index contributed by atoms with van der Waals surface area (Å²) in [6.07, 6.45) is -4.62. The molecule has 0 fully saturated rings. The Morgan fingerprint density at radius 1 is 1.32 bits per heavy atom. The Hall–Kier alpha value is -1.96. The molecule has 124 valence electrons. The van der Waals surface area contributed by atoms with Crippen LogP contribution in [-0.4, -0.2) is 30.1 Å². The predicted octanol–water partition coefficient (Wildman–Crippen LogP) is 3.11. The molecule has 0 heterocycles. The lowest BCUT2D eigenvalue weighted by atomic mass is 10.0. The first-order chi connectivity index (χ1) is 10.2. The van der Waals surface area contributed by atoms with Crippen molar-refractivity contribution < 1.29 is 27.8 Å². The van der Waals surface area contributed by atoms with Crippen LogP contribution in [0.25, 0.3) is 0 Å². The van der Waals surface area contributed by atoms with Crippen molar-refractivity contribution >= 4 is 11.7 Å². The average molecular weight is 320 g/mol. The van der Waals surface area contributed by atoms with Gasteiger partial charge in [-0.1, -0.05) is 20.3 Å². The number of halogens is 3. The van der Waals surface area contributed by atoms with Crippen molar-refractivity contribution in [2.24, 2.45) is 5.92 Å². The fourth-order valence-electron chi connectivity index (χ4n) is 1.59. The molecule has 8 heteroatoms. The van der Waals surface area contributed by atoms with E-state index in [0.717, 1.165) is 18.6 Å². The average Bonchev–Trinajstić information content (AvgIpc) is 2.44. The normalized spacial score (nSPS) is 14.1. The highest BCUT2D eigenvalue weighted by Crippen LogP contribution is 2.23. The number of alkyl halides is 3. The second-order valence-electron chi connectivity index (χ2n) is 4.86. The third kappa shape index (κ3) is 6.66. The van der Waals surface area contributed by atoms with Gasteiger partial charge in [0, 0.05) is 12.2 Å². The first-order valence-corrected chi connectivity index (χ1v) is 6.80. The Bertz CT molecular complexity index is 477. The van der Waals surface area contributed by atoms with Crippen LogP contribution in [0.1, 0.15) is 20.3 Å². The molecule has 0 bridgehead atoms. The van der Waals surface area contributed by atoms with E-state index < -0.39 is 18.5 Å². The van der Waals surface area contributed by atoms with Crippen molar-refractivity contribution in [2.45, 2.75) is 32.7 Å². The van der Waals surface area contributed by atoms with E-state index in [2.05, 4.69) is 15.4 Å². The summed E-state index contributed by atoms with van der Waals surface area (Å²) in [5.74, 6) is -0.315. The standard InChI is InChI=1S/C14H19F3N2O3/c1-3-9(2)12(20)8-18-13(21)19-10-4-6-11(7-5-10)22-14(15,16)17/h4-7,9,12,20H,3,8H2,1-2H3,(H2,18,19,21). The van der Waals surface area contributed by atoms with Crippen LogP contribution in [0.2, 0.25) is 0 Å². The second kappa shape index (κ2) is 7.88. The number of carbonyl (C=O) groups excluding carboxylic acids is 1. The van der Waals surface area contributed by atoms with Crippen LogP contribution in [0.4, 0.5) is 23.7 Å². The molecule has 3 N–H and O–H groups in total. The van der Waals surface area contributed by atoms with Gasteiger partial charge >= 0.3 is 12.4 Å². The highest BCUT2D eigenvalue weighted by molar-refractivity contribution is 5.89. The van der Waals surface area contributed by atoms with E-state index in [1.165, 1.54) is 12.1 Å². The number of benzene rings is 1. The fourth-order valence-corrected chi connectivity index (χ4v) is 1.59. The van der Waals surface area contributed by atoms with Gasteiger partial charge in [0.05, 0.1) is 6.10 Å². The summed E-state index contributed by atoms with van der Waals surface area (Å²) in [4.78, 5) is 11.6. The van der Waals surface area contributed by atoms with Crippen LogP contribution in [0.5, 0.6) is 5.75 Å². The molecule has 1 rings (SSSR count). The van der Waals surface area contributed by atoms with Crippen LogP contribution >= 0.6 is 0 Å². The van der Waals surface area contributed by atoms with Crippen LogP contribution in [-0.2, 0) is 0 Å². The maximum Gasteiger partial charge on any atom is 0.573 e. The molecule has 1 aromatic carbocycles.